The van der Waals surface area contributed by atoms with Gasteiger partial charge in [-0.2, -0.15) is 0 Å². The first-order chi connectivity index (χ1) is 12.3. The van der Waals surface area contributed by atoms with E-state index in [1.807, 2.05) is 16.1 Å². The Morgan fingerprint density at radius 2 is 2.44 bits per heavy atom. The van der Waals surface area contributed by atoms with Crippen LogP contribution in [0.5, 0.6) is 0 Å². The molecule has 1 N–H and O–H groups in total. The van der Waals surface area contributed by atoms with Crippen LogP contribution in [0.3, 0.4) is 0 Å². The summed E-state index contributed by atoms with van der Waals surface area (Å²) < 4.78 is 13.6. The molecule has 2 fully saturated rings. The number of aromatic nitrogens is 3. The fourth-order valence-electron chi connectivity index (χ4n) is 3.21. The average molecular weight is 362 g/mol. The van der Waals surface area contributed by atoms with E-state index < -0.39 is 0 Å². The van der Waals surface area contributed by atoms with Crippen molar-refractivity contribution in [2.24, 2.45) is 5.41 Å². The lowest BCUT2D eigenvalue weighted by atomic mass is 10.0. The first kappa shape index (κ1) is 16.7. The minimum atomic E-state index is -0.308. The largest absolute Gasteiger partial charge is 0.379 e. The van der Waals surface area contributed by atoms with Crippen LogP contribution in [0.2, 0.25) is 0 Å². The standard InChI is InChI=1S/C17H22N4O3S/c22-16(17(2-3-17)10-21-5-4-18-11-21)20-14-8-23-6-1-15(14)24-7-13-9-25-12-19-13/h4-5,9,11-12,14-15H,1-3,6-8,10H2,(H,20,22)/t14-,15+/m1/s1. The average Bonchev–Trinajstić information content (AvgIpc) is 3.02. The summed E-state index contributed by atoms with van der Waals surface area (Å²) in [6.45, 7) is 2.31. The van der Waals surface area contributed by atoms with Crippen LogP contribution in [0.1, 0.15) is 25.0 Å². The molecule has 1 saturated heterocycles. The van der Waals surface area contributed by atoms with Crippen molar-refractivity contribution in [1.82, 2.24) is 19.9 Å². The van der Waals surface area contributed by atoms with Crippen molar-refractivity contribution in [2.75, 3.05) is 13.2 Å². The lowest BCUT2D eigenvalue weighted by Gasteiger charge is -2.33. The number of rotatable bonds is 7. The van der Waals surface area contributed by atoms with Crippen molar-refractivity contribution in [2.45, 2.75) is 44.6 Å². The lowest BCUT2D eigenvalue weighted by Crippen LogP contribution is -2.52. The quantitative estimate of drug-likeness (QED) is 0.810. The molecule has 0 radical (unpaired) electrons. The second-order valence-electron chi connectivity index (χ2n) is 6.79. The highest BCUT2D eigenvalue weighted by Crippen LogP contribution is 2.47. The van der Waals surface area contributed by atoms with Crippen molar-refractivity contribution < 1.29 is 14.3 Å². The second-order valence-corrected chi connectivity index (χ2v) is 7.51. The second kappa shape index (κ2) is 7.23. The van der Waals surface area contributed by atoms with E-state index in [0.29, 0.717) is 26.4 Å². The number of hydrogen-bond donors (Lipinski definition) is 1. The summed E-state index contributed by atoms with van der Waals surface area (Å²) in [5, 5.41) is 5.16. The molecule has 0 unspecified atom stereocenters. The minimum Gasteiger partial charge on any atom is -0.379 e. The molecule has 1 aliphatic carbocycles. The molecule has 2 aliphatic rings. The lowest BCUT2D eigenvalue weighted by molar-refractivity contribution is -0.132. The number of imidazole rings is 1. The summed E-state index contributed by atoms with van der Waals surface area (Å²) in [7, 11) is 0. The van der Waals surface area contributed by atoms with Gasteiger partial charge in [0.1, 0.15) is 0 Å². The predicted molar refractivity (Wildman–Crippen MR) is 92.0 cm³/mol. The van der Waals surface area contributed by atoms with Crippen LogP contribution in [-0.2, 0) is 27.4 Å². The molecule has 2 aromatic rings. The molecule has 25 heavy (non-hydrogen) atoms. The minimum absolute atomic E-state index is 0.0385. The van der Waals surface area contributed by atoms with Gasteiger partial charge in [-0.1, -0.05) is 0 Å². The van der Waals surface area contributed by atoms with Gasteiger partial charge in [-0.05, 0) is 19.3 Å². The van der Waals surface area contributed by atoms with Gasteiger partial charge in [0, 0.05) is 30.9 Å². The summed E-state index contributed by atoms with van der Waals surface area (Å²) in [5.41, 5.74) is 2.42. The van der Waals surface area contributed by atoms with Gasteiger partial charge >= 0.3 is 0 Å². The van der Waals surface area contributed by atoms with Crippen molar-refractivity contribution >= 4 is 17.2 Å². The number of carbonyl (C=O) groups excluding carboxylic acids is 1. The molecule has 8 heteroatoms. The summed E-state index contributed by atoms with van der Waals surface area (Å²) in [6, 6.07) is -0.111. The molecule has 1 aliphatic heterocycles. The fraction of sp³-hybridized carbons (Fsp3) is 0.588. The molecule has 2 atom stereocenters. The maximum Gasteiger partial charge on any atom is 0.228 e. The number of nitrogens with one attached hydrogen (secondary N) is 1. The van der Waals surface area contributed by atoms with E-state index in [0.717, 1.165) is 25.0 Å². The smallest absolute Gasteiger partial charge is 0.228 e. The Kier molecular flexibility index (Phi) is 4.82. The van der Waals surface area contributed by atoms with E-state index in [2.05, 4.69) is 15.3 Å². The molecule has 7 nitrogen and oxygen atoms in total. The number of ether oxygens (including phenoxy) is 2. The highest BCUT2D eigenvalue weighted by Gasteiger charge is 2.51. The van der Waals surface area contributed by atoms with E-state index in [-0.39, 0.29) is 23.5 Å². The van der Waals surface area contributed by atoms with E-state index in [9.17, 15) is 4.79 Å². The first-order valence-electron chi connectivity index (χ1n) is 8.58. The molecule has 134 valence electrons. The van der Waals surface area contributed by atoms with E-state index in [1.165, 1.54) is 0 Å². The Bertz CT molecular complexity index is 685. The molecule has 0 spiro atoms. The number of nitrogens with zero attached hydrogens (tertiary/aromatic N) is 3. The Balaban J connectivity index is 1.35. The fourth-order valence-corrected chi connectivity index (χ4v) is 3.76. The van der Waals surface area contributed by atoms with Crippen LogP contribution in [0.4, 0.5) is 0 Å². The van der Waals surface area contributed by atoms with Gasteiger partial charge in [-0.25, -0.2) is 9.97 Å². The predicted octanol–water partition coefficient (Wildman–Crippen LogP) is 1.61. The molecule has 0 aromatic carbocycles. The first-order valence-corrected chi connectivity index (χ1v) is 9.53. The van der Waals surface area contributed by atoms with Crippen LogP contribution in [0, 0.1) is 5.41 Å². The van der Waals surface area contributed by atoms with Gasteiger partial charge in [0.2, 0.25) is 5.91 Å². The van der Waals surface area contributed by atoms with Gasteiger partial charge in [-0.15, -0.1) is 11.3 Å². The maximum atomic E-state index is 12.8. The van der Waals surface area contributed by atoms with E-state index >= 15 is 0 Å². The molecule has 1 amide bonds. The van der Waals surface area contributed by atoms with Crippen molar-refractivity contribution in [3.63, 3.8) is 0 Å². The summed E-state index contributed by atoms with van der Waals surface area (Å²) in [6.07, 6.45) is 7.97. The number of thiazole rings is 1. The highest BCUT2D eigenvalue weighted by atomic mass is 32.1. The Hall–Kier alpha value is -1.77. The van der Waals surface area contributed by atoms with Gasteiger partial charge in [0.25, 0.3) is 0 Å². The van der Waals surface area contributed by atoms with Crippen LogP contribution in [-0.4, -0.2) is 45.8 Å². The summed E-state index contributed by atoms with van der Waals surface area (Å²) in [5.74, 6) is 0.0963. The van der Waals surface area contributed by atoms with Crippen molar-refractivity contribution in [3.05, 3.63) is 35.3 Å². The van der Waals surface area contributed by atoms with Crippen molar-refractivity contribution in [1.29, 1.82) is 0 Å². The summed E-state index contributed by atoms with van der Waals surface area (Å²) in [4.78, 5) is 21.1. The van der Waals surface area contributed by atoms with Gasteiger partial charge in [0.15, 0.2) is 0 Å². The molecular formula is C17H22N4O3S. The SMILES string of the molecule is O=C(N[C@@H]1COCC[C@@H]1OCc1cscn1)C1(Cn2ccnc2)CC1. The van der Waals surface area contributed by atoms with Crippen LogP contribution < -0.4 is 5.32 Å². The third-order valence-electron chi connectivity index (χ3n) is 4.92. The van der Waals surface area contributed by atoms with Crippen LogP contribution in [0.25, 0.3) is 0 Å². The van der Waals surface area contributed by atoms with Crippen LogP contribution in [0.15, 0.2) is 29.6 Å². The third kappa shape index (κ3) is 3.91. The highest BCUT2D eigenvalue weighted by molar-refractivity contribution is 7.07. The van der Waals surface area contributed by atoms with E-state index in [1.54, 1.807) is 29.4 Å². The van der Waals surface area contributed by atoms with Gasteiger partial charge < -0.3 is 19.4 Å². The molecule has 0 bridgehead atoms. The Morgan fingerprint density at radius 1 is 1.52 bits per heavy atom. The zero-order valence-electron chi connectivity index (χ0n) is 14.0. The molecular weight excluding hydrogens is 340 g/mol. The van der Waals surface area contributed by atoms with Crippen LogP contribution >= 0.6 is 11.3 Å². The van der Waals surface area contributed by atoms with Gasteiger partial charge in [0.05, 0.1) is 48.3 Å². The number of carbonyl (C=O) groups is 1. The van der Waals surface area contributed by atoms with Gasteiger partial charge in [-0.3, -0.25) is 4.79 Å². The Morgan fingerprint density at radius 3 is 3.16 bits per heavy atom. The molecule has 4 rings (SSSR count). The zero-order valence-corrected chi connectivity index (χ0v) is 14.8. The number of amides is 1. The maximum absolute atomic E-state index is 12.8. The van der Waals surface area contributed by atoms with Crippen molar-refractivity contribution in [3.8, 4) is 0 Å². The molecule has 1 saturated carbocycles. The Labute approximate surface area is 150 Å². The number of hydrogen-bond acceptors (Lipinski definition) is 6. The van der Waals surface area contributed by atoms with E-state index in [4.69, 9.17) is 9.47 Å². The normalized spacial score (nSPS) is 24.8. The summed E-state index contributed by atoms with van der Waals surface area (Å²) >= 11 is 1.56. The third-order valence-corrected chi connectivity index (χ3v) is 5.55. The molecule has 3 heterocycles. The molecule has 2 aromatic heterocycles. The zero-order chi connectivity index (χ0) is 17.1. The topological polar surface area (TPSA) is 78.3 Å². The monoisotopic (exact) mass is 362 g/mol.